The van der Waals surface area contributed by atoms with Gasteiger partial charge in [0.05, 0.1) is 0 Å². The second kappa shape index (κ2) is 3.84. The van der Waals surface area contributed by atoms with Crippen LogP contribution in [0.4, 0.5) is 0 Å². The quantitative estimate of drug-likeness (QED) is 0.570. The van der Waals surface area contributed by atoms with E-state index in [1.54, 1.807) is 0 Å². The maximum absolute atomic E-state index is 6.01. The van der Waals surface area contributed by atoms with Crippen LogP contribution < -0.4 is 5.73 Å². The number of allylic oxidation sites excluding steroid dienone is 2. The van der Waals surface area contributed by atoms with Crippen LogP contribution in [0.15, 0.2) is 42.5 Å². The van der Waals surface area contributed by atoms with E-state index in [9.17, 15) is 0 Å². The van der Waals surface area contributed by atoms with E-state index < -0.39 is 5.00 Å². The Morgan fingerprint density at radius 1 is 1.33 bits per heavy atom. The van der Waals surface area contributed by atoms with Crippen LogP contribution in [0, 0.1) is 6.92 Å². The Bertz CT molecular complexity index is 430. The highest BCUT2D eigenvalue weighted by Crippen LogP contribution is 2.28. The van der Waals surface area contributed by atoms with Crippen LogP contribution in [0.1, 0.15) is 17.5 Å². The zero-order chi connectivity index (χ0) is 10.9. The third-order valence-electron chi connectivity index (χ3n) is 2.63. The molecule has 15 heavy (non-hydrogen) atoms. The van der Waals surface area contributed by atoms with Crippen LogP contribution in [0.5, 0.6) is 0 Å². The van der Waals surface area contributed by atoms with Crippen LogP contribution >= 0.6 is 11.6 Å². The molecule has 0 spiro atoms. The molecule has 1 aromatic rings. The fourth-order valence-electron chi connectivity index (χ4n) is 1.73. The van der Waals surface area contributed by atoms with Gasteiger partial charge in [-0.25, -0.2) is 0 Å². The molecule has 0 bridgehead atoms. The molecule has 0 fully saturated rings. The largest absolute Gasteiger partial charge is 0.309 e. The summed E-state index contributed by atoms with van der Waals surface area (Å²) in [4.78, 5) is -0.702. The molecule has 0 heterocycles. The first-order chi connectivity index (χ1) is 7.08. The van der Waals surface area contributed by atoms with Crippen molar-refractivity contribution >= 4 is 17.2 Å². The van der Waals surface area contributed by atoms with Crippen LogP contribution in [0.2, 0.25) is 0 Å². The zero-order valence-electron chi connectivity index (χ0n) is 8.70. The maximum atomic E-state index is 6.01. The molecule has 0 radical (unpaired) electrons. The third kappa shape index (κ3) is 2.31. The first-order valence-corrected chi connectivity index (χ1v) is 5.39. The van der Waals surface area contributed by atoms with E-state index in [1.807, 2.05) is 24.3 Å². The molecule has 2 rings (SSSR count). The normalized spacial score (nSPS) is 25.1. The summed E-state index contributed by atoms with van der Waals surface area (Å²) in [6.45, 7) is 2.11. The molecular formula is C13H14ClN. The molecule has 1 nitrogen and oxygen atoms in total. The number of benzene rings is 1. The molecule has 0 saturated heterocycles. The monoisotopic (exact) mass is 219 g/mol. The minimum absolute atomic E-state index is 0.675. The van der Waals surface area contributed by atoms with Crippen molar-refractivity contribution in [2.45, 2.75) is 18.3 Å². The molecule has 0 aliphatic heterocycles. The summed E-state index contributed by atoms with van der Waals surface area (Å²) in [6.07, 6.45) is 6.62. The summed E-state index contributed by atoms with van der Waals surface area (Å²) in [6, 6.07) is 8.31. The summed E-state index contributed by atoms with van der Waals surface area (Å²) < 4.78 is 0. The number of aryl methyl sites for hydroxylation is 1. The van der Waals surface area contributed by atoms with Crippen molar-refractivity contribution in [2.24, 2.45) is 5.73 Å². The molecule has 1 aromatic carbocycles. The third-order valence-corrected chi connectivity index (χ3v) is 2.91. The van der Waals surface area contributed by atoms with Gasteiger partial charge in [-0.2, -0.15) is 0 Å². The second-order valence-electron chi connectivity index (χ2n) is 3.94. The fourth-order valence-corrected chi connectivity index (χ4v) is 1.87. The van der Waals surface area contributed by atoms with E-state index in [0.29, 0.717) is 6.42 Å². The highest BCUT2D eigenvalue weighted by molar-refractivity contribution is 6.25. The molecule has 0 saturated carbocycles. The molecule has 2 heteroatoms. The van der Waals surface area contributed by atoms with Crippen molar-refractivity contribution in [3.63, 3.8) is 0 Å². The van der Waals surface area contributed by atoms with Gasteiger partial charge in [0.15, 0.2) is 0 Å². The summed E-state index contributed by atoms with van der Waals surface area (Å²) in [7, 11) is 0. The molecule has 2 N–H and O–H groups in total. The van der Waals surface area contributed by atoms with Crippen molar-refractivity contribution in [1.82, 2.24) is 0 Å². The highest BCUT2D eigenvalue weighted by atomic mass is 35.5. The molecular weight excluding hydrogens is 206 g/mol. The highest BCUT2D eigenvalue weighted by Gasteiger charge is 2.19. The molecule has 1 aliphatic carbocycles. The zero-order valence-corrected chi connectivity index (χ0v) is 9.46. The van der Waals surface area contributed by atoms with Gasteiger partial charge in [-0.15, -0.1) is 0 Å². The van der Waals surface area contributed by atoms with Crippen molar-refractivity contribution in [1.29, 1.82) is 0 Å². The van der Waals surface area contributed by atoms with E-state index in [1.165, 1.54) is 16.7 Å². The first-order valence-electron chi connectivity index (χ1n) is 5.02. The standard InChI is InChI=1S/C13H14ClN/c1-10-4-2-3-5-12(10)11-6-8-13(14,15)9-7-11/h2-8H,9,15H2,1H3. The van der Waals surface area contributed by atoms with Gasteiger partial charge in [-0.1, -0.05) is 48.0 Å². The summed E-state index contributed by atoms with van der Waals surface area (Å²) in [5, 5.41) is 0. The Kier molecular flexibility index (Phi) is 2.68. The Labute approximate surface area is 95.2 Å². The number of halogens is 1. The lowest BCUT2D eigenvalue weighted by molar-refractivity contribution is 0.745. The van der Waals surface area contributed by atoms with Crippen LogP contribution in [0.25, 0.3) is 5.57 Å². The molecule has 1 unspecified atom stereocenters. The minimum Gasteiger partial charge on any atom is -0.309 e. The van der Waals surface area contributed by atoms with E-state index in [-0.39, 0.29) is 0 Å². The molecule has 1 aliphatic rings. The lowest BCUT2D eigenvalue weighted by Gasteiger charge is -2.20. The number of alkyl halides is 1. The Balaban J connectivity index is 2.32. The van der Waals surface area contributed by atoms with Gasteiger partial charge in [0.2, 0.25) is 0 Å². The SMILES string of the molecule is Cc1ccccc1C1=CCC(N)(Cl)C=C1. The van der Waals surface area contributed by atoms with Gasteiger partial charge in [0.1, 0.15) is 5.00 Å². The minimum atomic E-state index is -0.702. The number of nitrogens with two attached hydrogens (primary N) is 1. The van der Waals surface area contributed by atoms with E-state index in [4.69, 9.17) is 17.3 Å². The number of hydrogen-bond acceptors (Lipinski definition) is 1. The first kappa shape index (κ1) is 10.5. The van der Waals surface area contributed by atoms with Crippen LogP contribution in [-0.2, 0) is 0 Å². The van der Waals surface area contributed by atoms with Gasteiger partial charge in [-0.3, -0.25) is 0 Å². The summed E-state index contributed by atoms with van der Waals surface area (Å²) >= 11 is 6.01. The van der Waals surface area contributed by atoms with Crippen molar-refractivity contribution in [2.75, 3.05) is 0 Å². The van der Waals surface area contributed by atoms with Gasteiger partial charge in [0.25, 0.3) is 0 Å². The van der Waals surface area contributed by atoms with Gasteiger partial charge in [0, 0.05) is 6.42 Å². The van der Waals surface area contributed by atoms with E-state index >= 15 is 0 Å². The fraction of sp³-hybridized carbons (Fsp3) is 0.231. The van der Waals surface area contributed by atoms with Crippen molar-refractivity contribution in [3.8, 4) is 0 Å². The summed E-state index contributed by atoms with van der Waals surface area (Å²) in [5.41, 5.74) is 9.52. The number of hydrogen-bond donors (Lipinski definition) is 1. The van der Waals surface area contributed by atoms with Crippen molar-refractivity contribution in [3.05, 3.63) is 53.6 Å². The predicted molar refractivity (Wildman–Crippen MR) is 65.7 cm³/mol. The second-order valence-corrected chi connectivity index (χ2v) is 4.64. The topological polar surface area (TPSA) is 26.0 Å². The van der Waals surface area contributed by atoms with Gasteiger partial charge >= 0.3 is 0 Å². The maximum Gasteiger partial charge on any atom is 0.113 e. The number of rotatable bonds is 1. The molecule has 78 valence electrons. The smallest absolute Gasteiger partial charge is 0.113 e. The van der Waals surface area contributed by atoms with Crippen LogP contribution in [-0.4, -0.2) is 5.00 Å². The summed E-state index contributed by atoms with van der Waals surface area (Å²) in [5.74, 6) is 0. The van der Waals surface area contributed by atoms with Crippen molar-refractivity contribution < 1.29 is 0 Å². The molecule has 1 atom stereocenters. The Hall–Kier alpha value is -1.05. The lowest BCUT2D eigenvalue weighted by Crippen LogP contribution is -2.30. The van der Waals surface area contributed by atoms with E-state index in [2.05, 4.69) is 25.1 Å². The molecule has 0 amide bonds. The lowest BCUT2D eigenvalue weighted by atomic mass is 9.94. The Morgan fingerprint density at radius 2 is 2.07 bits per heavy atom. The van der Waals surface area contributed by atoms with Gasteiger partial charge < -0.3 is 5.73 Å². The average Bonchev–Trinajstić information content (AvgIpc) is 2.19. The predicted octanol–water partition coefficient (Wildman–Crippen LogP) is 3.23. The van der Waals surface area contributed by atoms with Gasteiger partial charge in [-0.05, 0) is 29.7 Å². The van der Waals surface area contributed by atoms with Crippen LogP contribution in [0.3, 0.4) is 0 Å². The molecule has 0 aromatic heterocycles. The Morgan fingerprint density at radius 3 is 2.67 bits per heavy atom. The average molecular weight is 220 g/mol. The van der Waals surface area contributed by atoms with E-state index in [0.717, 1.165) is 0 Å².